The molecule has 15 heteroatoms. The second-order valence-corrected chi connectivity index (χ2v) is 14.1. The third-order valence-electron chi connectivity index (χ3n) is 9.20. The molecule has 1 saturated carbocycles. The quantitative estimate of drug-likeness (QED) is 0.208. The second kappa shape index (κ2) is 14.3. The number of hydrogen-bond acceptors (Lipinski definition) is 8. The molecule has 0 unspecified atom stereocenters. The smallest absolute Gasteiger partial charge is 0.435 e. The van der Waals surface area contributed by atoms with Crippen molar-refractivity contribution in [3.8, 4) is 0 Å². The van der Waals surface area contributed by atoms with E-state index in [1.807, 2.05) is 30.3 Å². The molecule has 2 aromatic heterocycles. The fraction of sp³-hybridized carbons (Fsp3) is 0.405. The van der Waals surface area contributed by atoms with E-state index in [0.717, 1.165) is 15.1 Å². The molecule has 52 heavy (non-hydrogen) atoms. The first kappa shape index (κ1) is 36.3. The fourth-order valence-electron chi connectivity index (χ4n) is 6.60. The maximum absolute atomic E-state index is 15.0. The number of rotatable bonds is 7. The zero-order valence-electron chi connectivity index (χ0n) is 28.9. The first-order chi connectivity index (χ1) is 24.6. The summed E-state index contributed by atoms with van der Waals surface area (Å²) in [6.45, 7) is 4.82. The minimum atomic E-state index is -2.99. The van der Waals surface area contributed by atoms with Gasteiger partial charge in [0.2, 0.25) is 17.7 Å². The van der Waals surface area contributed by atoms with E-state index in [1.54, 1.807) is 45.0 Å². The zero-order chi connectivity index (χ0) is 37.3. The van der Waals surface area contributed by atoms with E-state index in [4.69, 9.17) is 9.47 Å². The summed E-state index contributed by atoms with van der Waals surface area (Å²) in [5.74, 6) is -4.24. The van der Waals surface area contributed by atoms with Gasteiger partial charge in [0.05, 0.1) is 23.7 Å². The molecule has 1 aliphatic heterocycles. The van der Waals surface area contributed by atoms with E-state index >= 15 is 4.39 Å². The van der Waals surface area contributed by atoms with Crippen LogP contribution in [0.5, 0.6) is 0 Å². The van der Waals surface area contributed by atoms with Gasteiger partial charge >= 0.3 is 12.2 Å². The predicted molar refractivity (Wildman–Crippen MR) is 185 cm³/mol. The Bertz CT molecular complexity index is 1950. The van der Waals surface area contributed by atoms with Crippen LogP contribution in [-0.2, 0) is 31.1 Å². The van der Waals surface area contributed by atoms with E-state index in [9.17, 15) is 28.0 Å². The van der Waals surface area contributed by atoms with Crippen molar-refractivity contribution in [2.24, 2.45) is 0 Å². The number of carbonyl (C=O) groups excluding carboxylic acids is 4. The predicted octanol–water partition coefficient (Wildman–Crippen LogP) is 6.99. The molecule has 2 aliphatic rings. The van der Waals surface area contributed by atoms with Crippen molar-refractivity contribution in [1.82, 2.24) is 19.7 Å². The van der Waals surface area contributed by atoms with Gasteiger partial charge in [0, 0.05) is 24.9 Å². The van der Waals surface area contributed by atoms with Gasteiger partial charge in [-0.2, -0.15) is 9.78 Å². The summed E-state index contributed by atoms with van der Waals surface area (Å²) < 4.78 is 55.7. The number of alkyl halides is 3. The van der Waals surface area contributed by atoms with Crippen molar-refractivity contribution < 1.29 is 41.8 Å². The van der Waals surface area contributed by atoms with Crippen molar-refractivity contribution in [3.05, 3.63) is 84.1 Å². The Balaban J connectivity index is 1.18. The molecule has 2 fully saturated rings. The normalized spacial score (nSPS) is 19.5. The Kier molecular flexibility index (Phi) is 9.97. The Morgan fingerprint density at radius 1 is 0.923 bits per heavy atom. The maximum Gasteiger partial charge on any atom is 0.435 e. The molecule has 2 N–H and O–H groups in total. The lowest BCUT2D eigenvalue weighted by atomic mass is 9.67. The summed E-state index contributed by atoms with van der Waals surface area (Å²) in [4.78, 5) is 58.5. The van der Waals surface area contributed by atoms with E-state index in [0.29, 0.717) is 16.8 Å². The Morgan fingerprint density at radius 3 is 2.29 bits per heavy atom. The van der Waals surface area contributed by atoms with Gasteiger partial charge in [-0.1, -0.05) is 42.5 Å². The number of pyridine rings is 1. The van der Waals surface area contributed by atoms with Crippen molar-refractivity contribution in [1.29, 1.82) is 0 Å². The van der Waals surface area contributed by atoms with E-state index in [-0.39, 0.29) is 37.2 Å². The van der Waals surface area contributed by atoms with Gasteiger partial charge in [-0.25, -0.2) is 27.7 Å². The summed E-state index contributed by atoms with van der Waals surface area (Å²) in [6, 6.07) is 17.1. The number of nitrogens with zero attached hydrogens (tertiary/aromatic N) is 4. The minimum Gasteiger partial charge on any atom is -0.444 e. The van der Waals surface area contributed by atoms with Gasteiger partial charge in [0.25, 0.3) is 0 Å². The average Bonchev–Trinajstić information content (AvgIpc) is 3.71. The molecule has 6 rings (SSSR count). The van der Waals surface area contributed by atoms with Gasteiger partial charge < -0.3 is 19.7 Å². The van der Waals surface area contributed by atoms with Crippen molar-refractivity contribution >= 4 is 46.5 Å². The van der Waals surface area contributed by atoms with E-state index in [1.165, 1.54) is 18.3 Å². The first-order valence-corrected chi connectivity index (χ1v) is 16.9. The third-order valence-corrected chi connectivity index (χ3v) is 9.20. The SMILES string of the molecule is CC(C)(C)OC(=O)n1ncc2nc(NC(=O)[C@H]3C[C@@H](F)CN3C(=O)C3(c4ccc(NC(=O)OCc5ccccc5)cc4)CCC(F)(F)CC3)ccc21. The molecule has 0 spiro atoms. The number of carbonyl (C=O) groups is 4. The van der Waals surface area contributed by atoms with Crippen LogP contribution in [0.1, 0.15) is 64.0 Å². The van der Waals surface area contributed by atoms with Gasteiger partial charge in [0.1, 0.15) is 35.8 Å². The van der Waals surface area contributed by atoms with Gasteiger partial charge in [-0.15, -0.1) is 0 Å². The lowest BCUT2D eigenvalue weighted by Gasteiger charge is -2.42. The summed E-state index contributed by atoms with van der Waals surface area (Å²) in [6.07, 6.45) is -3.52. The molecular weight excluding hydrogens is 681 g/mol. The molecule has 0 radical (unpaired) electrons. The number of anilines is 2. The van der Waals surface area contributed by atoms with Crippen LogP contribution >= 0.6 is 0 Å². The Morgan fingerprint density at radius 2 is 1.62 bits per heavy atom. The third kappa shape index (κ3) is 8.03. The van der Waals surface area contributed by atoms with Gasteiger partial charge in [0.15, 0.2) is 0 Å². The zero-order valence-corrected chi connectivity index (χ0v) is 28.9. The summed E-state index contributed by atoms with van der Waals surface area (Å²) in [5.41, 5.74) is -0.0566. The highest BCUT2D eigenvalue weighted by Crippen LogP contribution is 2.47. The number of likely N-dealkylation sites (tertiary alicyclic amines) is 1. The standard InChI is InChI=1S/C37H39F3N6O6/c1-35(2,3)52-34(50)46-28-13-14-30(43-27(28)20-41-46)44-31(47)29-19-25(38)21-45(29)32(48)36(15-17-37(39,40)18-16-36)24-9-11-26(12-10-24)42-33(49)51-22-23-7-5-4-6-8-23/h4-14,20,25,29H,15-19,21-22H2,1-3H3,(H,42,49)(H,43,44,47)/t25-,29-/m1/s1. The minimum absolute atomic E-state index is 0.0558. The molecule has 3 heterocycles. The van der Waals surface area contributed by atoms with Crippen molar-refractivity contribution in [2.75, 3.05) is 17.2 Å². The molecule has 2 aromatic carbocycles. The molecular formula is C37H39F3N6O6. The fourth-order valence-corrected chi connectivity index (χ4v) is 6.60. The van der Waals surface area contributed by atoms with Crippen LogP contribution in [0, 0.1) is 0 Å². The second-order valence-electron chi connectivity index (χ2n) is 14.1. The number of amides is 3. The maximum atomic E-state index is 15.0. The molecule has 274 valence electrons. The molecule has 12 nitrogen and oxygen atoms in total. The van der Waals surface area contributed by atoms with Crippen LogP contribution in [0.2, 0.25) is 0 Å². The molecule has 1 aliphatic carbocycles. The largest absolute Gasteiger partial charge is 0.444 e. The monoisotopic (exact) mass is 720 g/mol. The van der Waals surface area contributed by atoms with Crippen LogP contribution in [0.4, 0.5) is 34.3 Å². The van der Waals surface area contributed by atoms with Crippen molar-refractivity contribution in [3.63, 3.8) is 0 Å². The van der Waals surface area contributed by atoms with Gasteiger partial charge in [-0.3, -0.25) is 14.9 Å². The van der Waals surface area contributed by atoms with E-state index < -0.39 is 72.5 Å². The topological polar surface area (TPSA) is 145 Å². The molecule has 4 aromatic rings. The number of nitrogens with one attached hydrogen (secondary N) is 2. The van der Waals surface area contributed by atoms with Gasteiger partial charge in [-0.05, 0) is 69.0 Å². The number of hydrogen-bond donors (Lipinski definition) is 2. The summed E-state index contributed by atoms with van der Waals surface area (Å²) in [5, 5.41) is 9.30. The number of fused-ring (bicyclic) bond motifs is 1. The molecule has 3 amide bonds. The number of ether oxygens (including phenoxy) is 2. The van der Waals surface area contributed by atoms with Crippen LogP contribution in [0.15, 0.2) is 72.9 Å². The molecule has 1 saturated heterocycles. The lowest BCUT2D eigenvalue weighted by molar-refractivity contribution is -0.146. The van der Waals surface area contributed by atoms with Crippen LogP contribution in [-0.4, -0.2) is 73.9 Å². The van der Waals surface area contributed by atoms with Crippen molar-refractivity contribution in [2.45, 2.75) is 88.6 Å². The van der Waals surface area contributed by atoms with E-state index in [2.05, 4.69) is 20.7 Å². The Hall–Kier alpha value is -5.47. The average molecular weight is 721 g/mol. The summed E-state index contributed by atoms with van der Waals surface area (Å²) in [7, 11) is 0. The van der Waals surface area contributed by atoms with Crippen LogP contribution < -0.4 is 10.6 Å². The van der Waals surface area contributed by atoms with Crippen LogP contribution in [0.25, 0.3) is 11.0 Å². The number of benzene rings is 2. The lowest BCUT2D eigenvalue weighted by Crippen LogP contribution is -2.54. The van der Waals surface area contributed by atoms with Crippen LogP contribution in [0.3, 0.4) is 0 Å². The number of aromatic nitrogens is 3. The number of halogens is 3. The summed E-state index contributed by atoms with van der Waals surface area (Å²) >= 11 is 0. The molecule has 0 bridgehead atoms. The Labute approximate surface area is 297 Å². The highest BCUT2D eigenvalue weighted by molar-refractivity contribution is 6.00. The highest BCUT2D eigenvalue weighted by atomic mass is 19.3. The highest BCUT2D eigenvalue weighted by Gasteiger charge is 2.53. The first-order valence-electron chi connectivity index (χ1n) is 16.9. The molecule has 2 atom stereocenters.